The SMILES string of the molecule is Cc1cc(C(=O)CCC(=O)Nc2ccc(N3CCCC3=O)cc2)c(C)s1. The summed E-state index contributed by atoms with van der Waals surface area (Å²) in [5, 5.41) is 2.81. The standard InChI is InChI=1S/C20H22N2O3S/c1-13-12-17(14(2)26-13)18(23)9-10-19(24)21-15-5-7-16(8-6-15)22-11-3-4-20(22)25/h5-8,12H,3-4,9-11H2,1-2H3,(H,21,24). The Hall–Kier alpha value is -2.47. The zero-order valence-electron chi connectivity index (χ0n) is 15.0. The number of nitrogens with zero attached hydrogens (tertiary/aromatic N) is 1. The van der Waals surface area contributed by atoms with Crippen molar-refractivity contribution < 1.29 is 14.4 Å². The lowest BCUT2D eigenvalue weighted by molar-refractivity contribution is -0.117. The average molecular weight is 370 g/mol. The molecule has 1 fully saturated rings. The van der Waals surface area contributed by atoms with Gasteiger partial charge in [-0.2, -0.15) is 0 Å². The molecule has 3 rings (SSSR count). The monoisotopic (exact) mass is 370 g/mol. The van der Waals surface area contributed by atoms with Gasteiger partial charge in [-0.05, 0) is 50.6 Å². The topological polar surface area (TPSA) is 66.5 Å². The van der Waals surface area contributed by atoms with Crippen molar-refractivity contribution in [3.05, 3.63) is 45.6 Å². The predicted molar refractivity (Wildman–Crippen MR) is 104 cm³/mol. The van der Waals surface area contributed by atoms with Crippen LogP contribution in [0.25, 0.3) is 0 Å². The molecule has 0 bridgehead atoms. The molecule has 0 aliphatic carbocycles. The lowest BCUT2D eigenvalue weighted by atomic mass is 10.1. The highest BCUT2D eigenvalue weighted by atomic mass is 32.1. The van der Waals surface area contributed by atoms with Crippen molar-refractivity contribution in [2.75, 3.05) is 16.8 Å². The van der Waals surface area contributed by atoms with Crippen molar-refractivity contribution >= 4 is 40.3 Å². The molecular weight excluding hydrogens is 348 g/mol. The summed E-state index contributed by atoms with van der Waals surface area (Å²) >= 11 is 1.60. The van der Waals surface area contributed by atoms with Gasteiger partial charge in [-0.1, -0.05) is 0 Å². The number of aryl methyl sites for hydroxylation is 2. The molecular formula is C20H22N2O3S. The summed E-state index contributed by atoms with van der Waals surface area (Å²) in [6.45, 7) is 4.65. The van der Waals surface area contributed by atoms with Crippen molar-refractivity contribution in [3.63, 3.8) is 0 Å². The number of carbonyl (C=O) groups is 3. The van der Waals surface area contributed by atoms with Crippen LogP contribution in [-0.4, -0.2) is 24.1 Å². The van der Waals surface area contributed by atoms with Gasteiger partial charge in [-0.25, -0.2) is 0 Å². The van der Waals surface area contributed by atoms with Crippen LogP contribution in [0.4, 0.5) is 11.4 Å². The molecule has 1 N–H and O–H groups in total. The molecule has 1 aliphatic rings. The van der Waals surface area contributed by atoms with Gasteiger partial charge < -0.3 is 10.2 Å². The first-order chi connectivity index (χ1) is 12.4. The van der Waals surface area contributed by atoms with Crippen LogP contribution in [0.15, 0.2) is 30.3 Å². The number of benzene rings is 1. The van der Waals surface area contributed by atoms with Crippen LogP contribution in [0.2, 0.25) is 0 Å². The maximum atomic E-state index is 12.2. The third kappa shape index (κ3) is 4.19. The van der Waals surface area contributed by atoms with Crippen molar-refractivity contribution in [2.45, 2.75) is 39.5 Å². The van der Waals surface area contributed by atoms with Crippen LogP contribution in [0, 0.1) is 13.8 Å². The Kier molecular flexibility index (Phi) is 5.52. The van der Waals surface area contributed by atoms with E-state index in [9.17, 15) is 14.4 Å². The number of hydrogen-bond acceptors (Lipinski definition) is 4. The van der Waals surface area contributed by atoms with Gasteiger partial charge in [0.15, 0.2) is 5.78 Å². The Morgan fingerprint density at radius 1 is 1.15 bits per heavy atom. The van der Waals surface area contributed by atoms with E-state index in [0.717, 1.165) is 34.0 Å². The molecule has 5 nitrogen and oxygen atoms in total. The molecule has 0 saturated carbocycles. The van der Waals surface area contributed by atoms with Gasteiger partial charge in [0, 0.05) is 52.5 Å². The third-order valence-corrected chi connectivity index (χ3v) is 5.42. The molecule has 6 heteroatoms. The second kappa shape index (κ2) is 7.83. The van der Waals surface area contributed by atoms with E-state index < -0.39 is 0 Å². The van der Waals surface area contributed by atoms with Gasteiger partial charge in [0.25, 0.3) is 0 Å². The first-order valence-corrected chi connectivity index (χ1v) is 9.56. The summed E-state index contributed by atoms with van der Waals surface area (Å²) in [5.74, 6) is -0.0443. The van der Waals surface area contributed by atoms with Gasteiger partial charge >= 0.3 is 0 Å². The fourth-order valence-corrected chi connectivity index (χ4v) is 4.08. The lowest BCUT2D eigenvalue weighted by Crippen LogP contribution is -2.23. The molecule has 136 valence electrons. The minimum absolute atomic E-state index is 0.00453. The van der Waals surface area contributed by atoms with Crippen molar-refractivity contribution in [3.8, 4) is 0 Å². The average Bonchev–Trinajstić information content (AvgIpc) is 3.18. The fraction of sp³-hybridized carbons (Fsp3) is 0.350. The van der Waals surface area contributed by atoms with E-state index in [-0.39, 0.29) is 30.4 Å². The smallest absolute Gasteiger partial charge is 0.227 e. The number of rotatable bonds is 6. The molecule has 2 aromatic rings. The third-order valence-electron chi connectivity index (χ3n) is 4.46. The number of ketones is 1. The van der Waals surface area contributed by atoms with E-state index >= 15 is 0 Å². The van der Waals surface area contributed by atoms with Gasteiger partial charge in [-0.15, -0.1) is 11.3 Å². The summed E-state index contributed by atoms with van der Waals surface area (Å²) in [4.78, 5) is 40.0. The van der Waals surface area contributed by atoms with Crippen LogP contribution in [0.1, 0.15) is 45.8 Å². The van der Waals surface area contributed by atoms with Crippen LogP contribution >= 0.6 is 11.3 Å². The number of thiophene rings is 1. The number of hydrogen-bond donors (Lipinski definition) is 1. The minimum Gasteiger partial charge on any atom is -0.326 e. The Bertz CT molecular complexity index is 839. The Balaban J connectivity index is 1.52. The van der Waals surface area contributed by atoms with Crippen molar-refractivity contribution in [1.82, 2.24) is 0 Å². The maximum Gasteiger partial charge on any atom is 0.227 e. The van der Waals surface area contributed by atoms with E-state index in [4.69, 9.17) is 0 Å². The molecule has 0 unspecified atom stereocenters. The van der Waals surface area contributed by atoms with Gasteiger partial charge in [-0.3, -0.25) is 14.4 Å². The molecule has 1 aromatic heterocycles. The van der Waals surface area contributed by atoms with E-state index in [1.54, 1.807) is 28.4 Å². The number of nitrogens with one attached hydrogen (secondary N) is 1. The number of Topliss-reactive ketones (excluding diaryl/α,β-unsaturated/α-hetero) is 1. The predicted octanol–water partition coefficient (Wildman–Crippen LogP) is 4.09. The molecule has 1 aromatic carbocycles. The quantitative estimate of drug-likeness (QED) is 0.779. The molecule has 0 atom stereocenters. The minimum atomic E-state index is -0.187. The Morgan fingerprint density at radius 3 is 2.46 bits per heavy atom. The van der Waals surface area contributed by atoms with E-state index in [0.29, 0.717) is 12.1 Å². The van der Waals surface area contributed by atoms with Gasteiger partial charge in [0.2, 0.25) is 11.8 Å². The normalized spacial score (nSPS) is 13.9. The first kappa shape index (κ1) is 18.3. The largest absolute Gasteiger partial charge is 0.326 e. The van der Waals surface area contributed by atoms with Crippen LogP contribution in [-0.2, 0) is 9.59 Å². The van der Waals surface area contributed by atoms with Crippen LogP contribution in [0.5, 0.6) is 0 Å². The molecule has 0 radical (unpaired) electrons. The zero-order valence-corrected chi connectivity index (χ0v) is 15.8. The second-order valence-corrected chi connectivity index (χ2v) is 7.95. The Labute approximate surface area is 157 Å². The summed E-state index contributed by atoms with van der Waals surface area (Å²) in [7, 11) is 0. The number of carbonyl (C=O) groups excluding carboxylic acids is 3. The number of anilines is 2. The first-order valence-electron chi connectivity index (χ1n) is 8.74. The highest BCUT2D eigenvalue weighted by Gasteiger charge is 2.21. The zero-order chi connectivity index (χ0) is 18.7. The van der Waals surface area contributed by atoms with Crippen LogP contribution < -0.4 is 10.2 Å². The van der Waals surface area contributed by atoms with Crippen molar-refractivity contribution in [1.29, 1.82) is 0 Å². The molecule has 1 saturated heterocycles. The highest BCUT2D eigenvalue weighted by molar-refractivity contribution is 7.12. The molecule has 26 heavy (non-hydrogen) atoms. The molecule has 0 spiro atoms. The number of amides is 2. The highest BCUT2D eigenvalue weighted by Crippen LogP contribution is 2.24. The van der Waals surface area contributed by atoms with E-state index in [2.05, 4.69) is 5.32 Å². The lowest BCUT2D eigenvalue weighted by Gasteiger charge is -2.16. The van der Waals surface area contributed by atoms with Crippen LogP contribution in [0.3, 0.4) is 0 Å². The second-order valence-electron chi connectivity index (χ2n) is 6.49. The fourth-order valence-electron chi connectivity index (χ4n) is 3.14. The summed E-state index contributed by atoms with van der Waals surface area (Å²) in [6, 6.07) is 9.13. The van der Waals surface area contributed by atoms with E-state index in [1.165, 1.54) is 0 Å². The van der Waals surface area contributed by atoms with E-state index in [1.807, 2.05) is 32.0 Å². The molecule has 2 amide bonds. The maximum absolute atomic E-state index is 12.2. The Morgan fingerprint density at radius 2 is 1.88 bits per heavy atom. The van der Waals surface area contributed by atoms with Gasteiger partial charge in [0.1, 0.15) is 0 Å². The molecule has 1 aliphatic heterocycles. The summed E-state index contributed by atoms with van der Waals surface area (Å²) in [5.41, 5.74) is 2.24. The summed E-state index contributed by atoms with van der Waals surface area (Å²) < 4.78 is 0. The van der Waals surface area contributed by atoms with Gasteiger partial charge in [0.05, 0.1) is 0 Å². The molecule has 2 heterocycles. The van der Waals surface area contributed by atoms with Crippen molar-refractivity contribution in [2.24, 2.45) is 0 Å². The summed E-state index contributed by atoms with van der Waals surface area (Å²) in [6.07, 6.45) is 1.83.